The van der Waals surface area contributed by atoms with Crippen molar-refractivity contribution in [2.24, 2.45) is 0 Å². The van der Waals surface area contributed by atoms with Crippen LogP contribution in [0.5, 0.6) is 0 Å². The molecule has 2 saturated heterocycles. The van der Waals surface area contributed by atoms with Gasteiger partial charge in [0.05, 0.1) is 49.7 Å². The molecule has 0 saturated carbocycles. The molecule has 2 fully saturated rings. The Balaban J connectivity index is 1.19. The summed E-state index contributed by atoms with van der Waals surface area (Å²) in [4.78, 5) is 46.2. The number of likely N-dealkylation sites (N-methyl/N-ethyl adjacent to an activating group) is 1. The van der Waals surface area contributed by atoms with E-state index in [1.165, 1.54) is 47.3 Å². The fourth-order valence-corrected chi connectivity index (χ4v) is 7.64. The molecule has 304 valence electrons. The number of allylic oxidation sites excluding steroid dienone is 2. The molecule has 57 heavy (non-hydrogen) atoms. The van der Waals surface area contributed by atoms with Gasteiger partial charge in [0.15, 0.2) is 11.9 Å². The first-order valence-corrected chi connectivity index (χ1v) is 19.4. The van der Waals surface area contributed by atoms with E-state index < -0.39 is 46.5 Å². The second kappa shape index (κ2) is 20.9. The minimum Gasteiger partial charge on any atom is -0.466 e. The van der Waals surface area contributed by atoms with Crippen LogP contribution in [0, 0.1) is 28.8 Å². The molecule has 2 aromatic carbocycles. The molecule has 2 aliphatic rings. The van der Waals surface area contributed by atoms with E-state index in [-0.39, 0.29) is 74.3 Å². The first-order chi connectivity index (χ1) is 27.4. The van der Waals surface area contributed by atoms with Gasteiger partial charge in [-0.3, -0.25) is 14.4 Å². The zero-order valence-electron chi connectivity index (χ0n) is 31.7. The van der Waals surface area contributed by atoms with Gasteiger partial charge < -0.3 is 28.7 Å². The summed E-state index contributed by atoms with van der Waals surface area (Å²) in [6.07, 6.45) is 8.29. The molecule has 1 aromatic heterocycles. The van der Waals surface area contributed by atoms with E-state index in [1.54, 1.807) is 36.1 Å². The van der Waals surface area contributed by atoms with E-state index in [2.05, 4.69) is 15.0 Å². The molecule has 0 N–H and O–H groups in total. The summed E-state index contributed by atoms with van der Waals surface area (Å²) in [6, 6.07) is 9.12. The minimum absolute atomic E-state index is 0.0310. The Morgan fingerprint density at radius 3 is 2.47 bits per heavy atom. The van der Waals surface area contributed by atoms with Crippen LogP contribution in [0.15, 0.2) is 67.3 Å². The van der Waals surface area contributed by atoms with E-state index in [1.807, 2.05) is 13.1 Å². The lowest BCUT2D eigenvalue weighted by molar-refractivity contribution is -0.164. The average molecular weight is 811 g/mol. The topological polar surface area (TPSA) is 149 Å². The molecular weight excluding hydrogens is 766 g/mol. The Hall–Kier alpha value is -5.02. The van der Waals surface area contributed by atoms with Gasteiger partial charge in [0, 0.05) is 61.5 Å². The van der Waals surface area contributed by atoms with Crippen LogP contribution < -0.4 is 0 Å². The summed E-state index contributed by atoms with van der Waals surface area (Å²) < 4.78 is 68.7. The number of piperazine rings is 1. The van der Waals surface area contributed by atoms with Crippen LogP contribution in [0.3, 0.4) is 0 Å². The number of thioether (sulfide) groups is 1. The number of aromatic nitrogens is 3. The van der Waals surface area contributed by atoms with Crippen LogP contribution >= 0.6 is 11.8 Å². The molecule has 0 bridgehead atoms. The number of carbonyl (C=O) groups excluding carboxylic acids is 3. The second-order valence-corrected chi connectivity index (χ2v) is 15.3. The van der Waals surface area contributed by atoms with Gasteiger partial charge >= 0.3 is 11.9 Å². The van der Waals surface area contributed by atoms with Crippen LogP contribution in [0.4, 0.5) is 13.2 Å². The number of ether oxygens (including phenoxy) is 4. The summed E-state index contributed by atoms with van der Waals surface area (Å²) in [5.41, 5.74) is -1.27. The number of esters is 2. The molecule has 5 rings (SSSR count). The van der Waals surface area contributed by atoms with Crippen LogP contribution in [0.1, 0.15) is 49.3 Å². The summed E-state index contributed by atoms with van der Waals surface area (Å²) in [5, 5.41) is 12.1. The van der Waals surface area contributed by atoms with Crippen molar-refractivity contribution in [1.82, 2.24) is 24.6 Å². The van der Waals surface area contributed by atoms with E-state index in [4.69, 9.17) is 24.2 Å². The van der Waals surface area contributed by atoms with Crippen molar-refractivity contribution < 1.29 is 46.5 Å². The van der Waals surface area contributed by atoms with E-state index in [0.29, 0.717) is 18.7 Å². The Morgan fingerprint density at radius 1 is 1.02 bits per heavy atom. The molecular formula is C40H45F3N6O7S. The SMILES string of the molecule is C[C@@H](SC1COC(/C=C/C=C/c2ccc(C#N)cc2F)OC1)[C@@](Cn1cncn1)(OC(=O)CCCOC(=O)CCC(=O)N1CCN(C)CC1)c1ccc(F)cc1F. The predicted octanol–water partition coefficient (Wildman–Crippen LogP) is 5.02. The molecule has 3 aromatic rings. The first kappa shape index (κ1) is 43.1. The molecule has 2 atom stereocenters. The number of halogens is 3. The van der Waals surface area contributed by atoms with Crippen LogP contribution in [0.2, 0.25) is 0 Å². The largest absolute Gasteiger partial charge is 0.466 e. The van der Waals surface area contributed by atoms with Crippen LogP contribution in [0.25, 0.3) is 6.08 Å². The van der Waals surface area contributed by atoms with Crippen molar-refractivity contribution in [2.45, 2.75) is 61.5 Å². The number of nitrogens with zero attached hydrogens (tertiary/aromatic N) is 6. The standard InChI is InChI=1S/C40H45F3N6O7S/c1-28(57-32-23-54-39(55-24-32)8-4-3-6-30-10-9-29(22-44)20-34(30)42)40(25-49-27-45-26-46-49,33-12-11-31(41)21-35(33)43)56-38(52)7-5-19-53-37(51)14-13-36(50)48-17-15-47(2)16-18-48/h3-4,6,8-12,20-21,26-28,32,39H,5,7,13-19,23-25H2,1-2H3/b6-3+,8-4+/t28-,32?,39?,40-/m1/s1. The highest BCUT2D eigenvalue weighted by Gasteiger charge is 2.46. The highest BCUT2D eigenvalue weighted by atomic mass is 32.2. The van der Waals surface area contributed by atoms with Gasteiger partial charge in [-0.2, -0.15) is 10.4 Å². The number of hydrogen-bond acceptors (Lipinski definition) is 12. The molecule has 13 nitrogen and oxygen atoms in total. The lowest BCUT2D eigenvalue weighted by Gasteiger charge is -2.40. The smallest absolute Gasteiger partial charge is 0.306 e. The average Bonchev–Trinajstić information content (AvgIpc) is 3.71. The highest BCUT2D eigenvalue weighted by Crippen LogP contribution is 2.42. The molecule has 0 radical (unpaired) electrons. The van der Waals surface area contributed by atoms with Crippen molar-refractivity contribution in [3.8, 4) is 6.07 Å². The van der Waals surface area contributed by atoms with Crippen LogP contribution in [-0.2, 0) is 45.5 Å². The zero-order valence-corrected chi connectivity index (χ0v) is 32.5. The molecule has 0 spiro atoms. The van der Waals surface area contributed by atoms with E-state index >= 15 is 4.39 Å². The summed E-state index contributed by atoms with van der Waals surface area (Å²) in [6.45, 7) is 4.66. The monoisotopic (exact) mass is 810 g/mol. The molecule has 1 amide bonds. The first-order valence-electron chi connectivity index (χ1n) is 18.5. The fourth-order valence-electron chi connectivity index (χ4n) is 6.28. The predicted molar refractivity (Wildman–Crippen MR) is 203 cm³/mol. The Labute approximate surface area is 333 Å². The Bertz CT molecular complexity index is 1930. The summed E-state index contributed by atoms with van der Waals surface area (Å²) in [7, 11) is 1.98. The van der Waals surface area contributed by atoms with Crippen LogP contribution in [-0.4, -0.2) is 112 Å². The normalized spacial score (nSPS) is 19.3. The van der Waals surface area contributed by atoms with Crippen molar-refractivity contribution in [1.29, 1.82) is 5.26 Å². The fraction of sp³-hybridized carbons (Fsp3) is 0.450. The van der Waals surface area contributed by atoms with Gasteiger partial charge in [-0.15, -0.1) is 11.8 Å². The highest BCUT2D eigenvalue weighted by molar-refractivity contribution is 8.00. The zero-order chi connectivity index (χ0) is 40.8. The number of benzene rings is 2. The molecule has 17 heteroatoms. The third-order valence-electron chi connectivity index (χ3n) is 9.46. The lowest BCUT2D eigenvalue weighted by Crippen LogP contribution is -2.47. The maximum atomic E-state index is 15.7. The number of hydrogen-bond donors (Lipinski definition) is 0. The van der Waals surface area contributed by atoms with Gasteiger partial charge in [-0.05, 0) is 50.7 Å². The number of carbonyl (C=O) groups is 3. The minimum atomic E-state index is -1.73. The molecule has 0 unspecified atom stereocenters. The number of amides is 1. The quantitative estimate of drug-likeness (QED) is 0.102. The van der Waals surface area contributed by atoms with Crippen molar-refractivity contribution >= 4 is 35.7 Å². The van der Waals surface area contributed by atoms with Gasteiger partial charge in [0.1, 0.15) is 30.1 Å². The van der Waals surface area contributed by atoms with Gasteiger partial charge in [-0.1, -0.05) is 24.3 Å². The van der Waals surface area contributed by atoms with Gasteiger partial charge in [0.2, 0.25) is 5.91 Å². The Kier molecular flexibility index (Phi) is 15.8. The van der Waals surface area contributed by atoms with Crippen molar-refractivity contribution in [2.75, 3.05) is 53.0 Å². The lowest BCUT2D eigenvalue weighted by atomic mass is 9.89. The number of nitriles is 1. The van der Waals surface area contributed by atoms with Gasteiger partial charge in [0.25, 0.3) is 0 Å². The Morgan fingerprint density at radius 2 is 1.79 bits per heavy atom. The van der Waals surface area contributed by atoms with Crippen molar-refractivity contribution in [3.63, 3.8) is 0 Å². The van der Waals surface area contributed by atoms with E-state index in [9.17, 15) is 23.2 Å². The maximum Gasteiger partial charge on any atom is 0.306 e. The third kappa shape index (κ3) is 12.5. The summed E-state index contributed by atoms with van der Waals surface area (Å²) >= 11 is 1.33. The van der Waals surface area contributed by atoms with E-state index in [0.717, 1.165) is 31.3 Å². The molecule has 2 aliphatic heterocycles. The molecule has 3 heterocycles. The molecule has 0 aliphatic carbocycles. The second-order valence-electron chi connectivity index (χ2n) is 13.6. The summed E-state index contributed by atoms with van der Waals surface area (Å²) in [5.74, 6) is -3.65. The third-order valence-corrected chi connectivity index (χ3v) is 10.9. The maximum absolute atomic E-state index is 15.7. The number of rotatable bonds is 17. The van der Waals surface area contributed by atoms with Crippen molar-refractivity contribution in [3.05, 3.63) is 101 Å². The van der Waals surface area contributed by atoms with Gasteiger partial charge in [-0.25, -0.2) is 22.8 Å².